The minimum Gasteiger partial charge on any atom is -0.369 e. The van der Waals surface area contributed by atoms with Crippen LogP contribution in [0.1, 0.15) is 23.7 Å². The Morgan fingerprint density at radius 2 is 1.93 bits per heavy atom. The number of aromatic nitrogens is 3. The number of rotatable bonds is 8. The third-order valence-corrected chi connectivity index (χ3v) is 4.89. The maximum atomic E-state index is 12.1. The van der Waals surface area contributed by atoms with Crippen molar-refractivity contribution < 1.29 is 9.59 Å². The van der Waals surface area contributed by atoms with Gasteiger partial charge >= 0.3 is 0 Å². The highest BCUT2D eigenvalue weighted by Crippen LogP contribution is 2.17. The molecule has 0 unspecified atom stereocenters. The number of benzene rings is 1. The van der Waals surface area contributed by atoms with E-state index in [1.807, 2.05) is 29.6 Å². The van der Waals surface area contributed by atoms with Crippen LogP contribution in [0.2, 0.25) is 0 Å². The molecular formula is C19H22N6O2S. The van der Waals surface area contributed by atoms with Crippen LogP contribution in [-0.4, -0.2) is 26.3 Å². The average molecular weight is 398 g/mol. The SMILES string of the molecule is CC(=O)Nc1nc(CCc2ccc(CC(=O)NCn3ccnc3N)cc2)cs1. The minimum absolute atomic E-state index is 0.0752. The van der Waals surface area contributed by atoms with Crippen LogP contribution in [0, 0.1) is 0 Å². The fourth-order valence-corrected chi connectivity index (χ4v) is 3.41. The van der Waals surface area contributed by atoms with Crippen LogP contribution in [0.4, 0.5) is 11.1 Å². The van der Waals surface area contributed by atoms with Crippen LogP contribution in [0.3, 0.4) is 0 Å². The van der Waals surface area contributed by atoms with E-state index in [1.54, 1.807) is 17.0 Å². The molecule has 3 aromatic rings. The summed E-state index contributed by atoms with van der Waals surface area (Å²) in [5.41, 5.74) is 8.74. The van der Waals surface area contributed by atoms with Gasteiger partial charge in [0.2, 0.25) is 17.8 Å². The molecule has 2 aromatic heterocycles. The molecule has 0 bridgehead atoms. The third-order valence-electron chi connectivity index (χ3n) is 4.09. The van der Waals surface area contributed by atoms with Crippen LogP contribution in [0.25, 0.3) is 0 Å². The van der Waals surface area contributed by atoms with Crippen LogP contribution in [-0.2, 0) is 35.5 Å². The van der Waals surface area contributed by atoms with Crippen molar-refractivity contribution in [3.8, 4) is 0 Å². The topological polar surface area (TPSA) is 115 Å². The van der Waals surface area contributed by atoms with Crippen LogP contribution < -0.4 is 16.4 Å². The van der Waals surface area contributed by atoms with E-state index in [0.717, 1.165) is 24.1 Å². The Hall–Kier alpha value is -3.20. The monoisotopic (exact) mass is 398 g/mol. The standard InChI is InChI=1S/C19H22N6O2S/c1-13(26)23-19-24-16(11-28-19)7-6-14-2-4-15(5-3-14)10-17(27)22-12-25-9-8-21-18(25)20/h2-5,8-9,11H,6-7,10,12H2,1H3,(H2,20,21)(H,22,27)(H,23,24,26). The fraction of sp³-hybridized carbons (Fsp3) is 0.263. The van der Waals surface area contributed by atoms with E-state index in [2.05, 4.69) is 20.6 Å². The van der Waals surface area contributed by atoms with E-state index in [-0.39, 0.29) is 11.8 Å². The molecule has 4 N–H and O–H groups in total. The number of hydrogen-bond donors (Lipinski definition) is 3. The number of carbonyl (C=O) groups is 2. The lowest BCUT2D eigenvalue weighted by atomic mass is 10.0. The molecule has 1 aromatic carbocycles. The highest BCUT2D eigenvalue weighted by atomic mass is 32.1. The van der Waals surface area contributed by atoms with Crippen LogP contribution in [0.15, 0.2) is 42.0 Å². The highest BCUT2D eigenvalue weighted by molar-refractivity contribution is 7.13. The number of thiazole rings is 1. The van der Waals surface area contributed by atoms with Gasteiger partial charge in [-0.3, -0.25) is 14.2 Å². The molecule has 0 saturated heterocycles. The molecule has 0 radical (unpaired) electrons. The number of carbonyl (C=O) groups excluding carboxylic acids is 2. The Labute approximate surface area is 166 Å². The third kappa shape index (κ3) is 5.65. The summed E-state index contributed by atoms with van der Waals surface area (Å²) in [6, 6.07) is 7.98. The molecule has 2 heterocycles. The molecule has 0 spiro atoms. The van der Waals surface area contributed by atoms with Crippen molar-refractivity contribution in [2.75, 3.05) is 11.1 Å². The number of imidazole rings is 1. The van der Waals surface area contributed by atoms with E-state index in [0.29, 0.717) is 24.2 Å². The largest absolute Gasteiger partial charge is 0.369 e. The Bertz CT molecular complexity index is 948. The van der Waals surface area contributed by atoms with E-state index < -0.39 is 0 Å². The van der Waals surface area contributed by atoms with Gasteiger partial charge in [-0.2, -0.15) is 0 Å². The first-order chi connectivity index (χ1) is 13.5. The van der Waals surface area contributed by atoms with Gasteiger partial charge in [-0.25, -0.2) is 9.97 Å². The average Bonchev–Trinajstić information content (AvgIpc) is 3.27. The Morgan fingerprint density at radius 1 is 1.18 bits per heavy atom. The molecule has 0 atom stereocenters. The summed E-state index contributed by atoms with van der Waals surface area (Å²) < 4.78 is 1.66. The van der Waals surface area contributed by atoms with Gasteiger partial charge in [-0.05, 0) is 24.0 Å². The quantitative estimate of drug-likeness (QED) is 0.537. The number of hydrogen-bond acceptors (Lipinski definition) is 6. The van der Waals surface area contributed by atoms with Gasteiger partial charge in [0, 0.05) is 24.7 Å². The second-order valence-corrected chi connectivity index (χ2v) is 7.19. The van der Waals surface area contributed by atoms with E-state index in [4.69, 9.17) is 5.73 Å². The summed E-state index contributed by atoms with van der Waals surface area (Å²) in [6.45, 7) is 1.77. The highest BCUT2D eigenvalue weighted by Gasteiger charge is 2.06. The molecule has 0 saturated carbocycles. The fourth-order valence-electron chi connectivity index (χ4n) is 2.62. The first kappa shape index (κ1) is 19.6. The van der Waals surface area contributed by atoms with Crippen LogP contribution >= 0.6 is 11.3 Å². The Kier molecular flexibility index (Phi) is 6.38. The first-order valence-corrected chi connectivity index (χ1v) is 9.70. The Morgan fingerprint density at radius 3 is 2.61 bits per heavy atom. The van der Waals surface area contributed by atoms with Gasteiger partial charge in [-0.1, -0.05) is 24.3 Å². The Balaban J connectivity index is 1.45. The molecule has 0 aliphatic rings. The number of anilines is 2. The normalized spacial score (nSPS) is 10.6. The molecule has 146 valence electrons. The van der Waals surface area contributed by atoms with E-state index >= 15 is 0 Å². The number of amides is 2. The summed E-state index contributed by atoms with van der Waals surface area (Å²) >= 11 is 1.43. The van der Waals surface area contributed by atoms with E-state index in [9.17, 15) is 9.59 Å². The first-order valence-electron chi connectivity index (χ1n) is 8.82. The van der Waals surface area contributed by atoms with Crippen molar-refractivity contribution >= 4 is 34.2 Å². The molecule has 8 nitrogen and oxygen atoms in total. The lowest BCUT2D eigenvalue weighted by Crippen LogP contribution is -2.27. The summed E-state index contributed by atoms with van der Waals surface area (Å²) in [5.74, 6) is 0.178. The predicted molar refractivity (Wildman–Crippen MR) is 109 cm³/mol. The molecule has 0 aliphatic heterocycles. The molecule has 3 rings (SSSR count). The number of nitrogen functional groups attached to an aromatic ring is 1. The lowest BCUT2D eigenvalue weighted by Gasteiger charge is -2.08. The summed E-state index contributed by atoms with van der Waals surface area (Å²) in [5, 5.41) is 8.09. The van der Waals surface area contributed by atoms with Gasteiger partial charge < -0.3 is 16.4 Å². The zero-order valence-corrected chi connectivity index (χ0v) is 16.3. The lowest BCUT2D eigenvalue weighted by molar-refractivity contribution is -0.121. The van der Waals surface area contributed by atoms with Gasteiger partial charge in [0.05, 0.1) is 18.8 Å². The van der Waals surface area contributed by atoms with Crippen molar-refractivity contribution in [3.05, 3.63) is 58.9 Å². The number of nitrogens with two attached hydrogens (primary N) is 1. The van der Waals surface area contributed by atoms with Crippen molar-refractivity contribution in [2.45, 2.75) is 32.9 Å². The molecule has 0 aliphatic carbocycles. The van der Waals surface area contributed by atoms with Gasteiger partial charge in [0.1, 0.15) is 0 Å². The van der Waals surface area contributed by atoms with Crippen molar-refractivity contribution in [1.29, 1.82) is 0 Å². The van der Waals surface area contributed by atoms with Crippen molar-refractivity contribution in [3.63, 3.8) is 0 Å². The van der Waals surface area contributed by atoms with Gasteiger partial charge in [-0.15, -0.1) is 11.3 Å². The number of aryl methyl sites for hydroxylation is 2. The van der Waals surface area contributed by atoms with Crippen molar-refractivity contribution in [1.82, 2.24) is 19.9 Å². The zero-order valence-electron chi connectivity index (χ0n) is 15.5. The molecule has 2 amide bonds. The second kappa shape index (κ2) is 9.14. The summed E-state index contributed by atoms with van der Waals surface area (Å²) in [6.07, 6.45) is 5.25. The summed E-state index contributed by atoms with van der Waals surface area (Å²) in [4.78, 5) is 31.4. The van der Waals surface area contributed by atoms with Gasteiger partial charge in [0.25, 0.3) is 0 Å². The minimum atomic E-state index is -0.117. The maximum absolute atomic E-state index is 12.1. The van der Waals surface area contributed by atoms with Gasteiger partial charge in [0.15, 0.2) is 5.13 Å². The predicted octanol–water partition coefficient (Wildman–Crippen LogP) is 1.98. The smallest absolute Gasteiger partial charge is 0.225 e. The van der Waals surface area contributed by atoms with Crippen molar-refractivity contribution in [2.24, 2.45) is 0 Å². The molecule has 0 fully saturated rings. The van der Waals surface area contributed by atoms with E-state index in [1.165, 1.54) is 23.8 Å². The second-order valence-electron chi connectivity index (χ2n) is 6.33. The number of nitrogens with zero attached hydrogens (tertiary/aromatic N) is 3. The number of nitrogens with one attached hydrogen (secondary N) is 2. The van der Waals surface area contributed by atoms with Crippen LogP contribution in [0.5, 0.6) is 0 Å². The molecule has 28 heavy (non-hydrogen) atoms. The molecule has 9 heteroatoms. The molecular weight excluding hydrogens is 376 g/mol. The zero-order chi connectivity index (χ0) is 19.9. The summed E-state index contributed by atoms with van der Waals surface area (Å²) in [7, 11) is 0. The maximum Gasteiger partial charge on any atom is 0.225 e.